The Kier molecular flexibility index (Phi) is 6.97. The third-order valence-corrected chi connectivity index (χ3v) is 2.93. The molecule has 1 unspecified atom stereocenters. The highest BCUT2D eigenvalue weighted by Gasteiger charge is 2.18. The van der Waals surface area contributed by atoms with Gasteiger partial charge in [0.25, 0.3) is 0 Å². The lowest BCUT2D eigenvalue weighted by Crippen LogP contribution is -2.33. The van der Waals surface area contributed by atoms with Gasteiger partial charge in [-0.25, -0.2) is 4.79 Å². The van der Waals surface area contributed by atoms with Crippen molar-refractivity contribution in [2.75, 3.05) is 19.6 Å². The number of benzene rings is 1. The van der Waals surface area contributed by atoms with Crippen molar-refractivity contribution in [3.63, 3.8) is 0 Å². The van der Waals surface area contributed by atoms with E-state index in [4.69, 9.17) is 10.5 Å². The first-order valence-corrected chi connectivity index (χ1v) is 6.90. The number of primary amides is 1. The van der Waals surface area contributed by atoms with E-state index < -0.39 is 6.09 Å². The van der Waals surface area contributed by atoms with Crippen molar-refractivity contribution in [3.05, 3.63) is 35.9 Å². The smallest absolute Gasteiger partial charge is 0.405 e. The molecule has 1 rings (SSSR count). The van der Waals surface area contributed by atoms with Gasteiger partial charge in [-0.3, -0.25) is 4.90 Å². The summed E-state index contributed by atoms with van der Waals surface area (Å²) < 4.78 is 5.26. The van der Waals surface area contributed by atoms with Crippen LogP contribution in [-0.4, -0.2) is 30.6 Å². The Bertz CT molecular complexity index is 362. The second-order valence-corrected chi connectivity index (χ2v) is 4.64. The lowest BCUT2D eigenvalue weighted by molar-refractivity contribution is 0.0759. The van der Waals surface area contributed by atoms with Crippen LogP contribution in [-0.2, 0) is 4.74 Å². The molecule has 1 atom stereocenters. The highest BCUT2D eigenvalue weighted by molar-refractivity contribution is 5.65. The second kappa shape index (κ2) is 8.53. The molecule has 0 aliphatic carbocycles. The summed E-state index contributed by atoms with van der Waals surface area (Å²) in [6.07, 6.45) is 1.15. The van der Waals surface area contributed by atoms with Gasteiger partial charge >= 0.3 is 6.09 Å². The average Bonchev–Trinajstić information content (AvgIpc) is 2.39. The van der Waals surface area contributed by atoms with Gasteiger partial charge in [0, 0.05) is 6.54 Å². The molecule has 4 nitrogen and oxygen atoms in total. The zero-order valence-corrected chi connectivity index (χ0v) is 11.8. The molecule has 0 fully saturated rings. The zero-order valence-electron chi connectivity index (χ0n) is 11.8. The third kappa shape index (κ3) is 5.75. The number of hydrogen-bond acceptors (Lipinski definition) is 3. The van der Waals surface area contributed by atoms with Crippen molar-refractivity contribution in [3.8, 4) is 0 Å². The van der Waals surface area contributed by atoms with E-state index in [-0.39, 0.29) is 6.10 Å². The molecule has 0 aliphatic rings. The predicted molar refractivity (Wildman–Crippen MR) is 76.9 cm³/mol. The number of carbonyl (C=O) groups excluding carboxylic acids is 1. The number of nitrogens with zero attached hydrogens (tertiary/aromatic N) is 1. The van der Waals surface area contributed by atoms with Gasteiger partial charge in [-0.1, -0.05) is 44.2 Å². The van der Waals surface area contributed by atoms with E-state index in [0.717, 1.165) is 31.5 Å². The van der Waals surface area contributed by atoms with E-state index in [2.05, 4.69) is 18.7 Å². The van der Waals surface area contributed by atoms with Crippen molar-refractivity contribution in [1.82, 2.24) is 4.90 Å². The molecule has 0 aliphatic heterocycles. The molecular formula is C15H24N2O2. The number of rotatable bonds is 8. The number of nitrogens with two attached hydrogens (primary N) is 1. The molecular weight excluding hydrogens is 240 g/mol. The Morgan fingerprint density at radius 2 is 1.79 bits per heavy atom. The first-order chi connectivity index (χ1) is 9.17. The van der Waals surface area contributed by atoms with Crippen molar-refractivity contribution in [2.45, 2.75) is 32.8 Å². The van der Waals surface area contributed by atoms with Crippen molar-refractivity contribution in [2.24, 2.45) is 5.73 Å². The predicted octanol–water partition coefficient (Wildman–Crippen LogP) is 2.95. The fraction of sp³-hybridized carbons (Fsp3) is 0.533. The summed E-state index contributed by atoms with van der Waals surface area (Å²) in [6.45, 7) is 6.98. The maximum Gasteiger partial charge on any atom is 0.405 e. The highest BCUT2D eigenvalue weighted by Crippen LogP contribution is 2.19. The summed E-state index contributed by atoms with van der Waals surface area (Å²) in [5.41, 5.74) is 6.16. The third-order valence-electron chi connectivity index (χ3n) is 2.93. The first kappa shape index (κ1) is 15.5. The topological polar surface area (TPSA) is 55.6 Å². The fourth-order valence-electron chi connectivity index (χ4n) is 2.18. The molecule has 4 heteroatoms. The quantitative estimate of drug-likeness (QED) is 0.785. The van der Waals surface area contributed by atoms with Crippen LogP contribution in [0.5, 0.6) is 0 Å². The minimum absolute atomic E-state index is 0.295. The Hall–Kier alpha value is -1.55. The maximum absolute atomic E-state index is 11.1. The fourth-order valence-corrected chi connectivity index (χ4v) is 2.18. The molecule has 1 aromatic rings. The first-order valence-electron chi connectivity index (χ1n) is 6.90. The van der Waals surface area contributed by atoms with Gasteiger partial charge in [-0.05, 0) is 31.5 Å². The lowest BCUT2D eigenvalue weighted by Gasteiger charge is -2.26. The number of hydrogen-bond donors (Lipinski definition) is 1. The van der Waals surface area contributed by atoms with Crippen LogP contribution in [0.4, 0.5) is 4.79 Å². The molecule has 0 saturated carbocycles. The Morgan fingerprint density at radius 3 is 2.26 bits per heavy atom. The van der Waals surface area contributed by atoms with Crippen LogP contribution in [0.25, 0.3) is 0 Å². The SMILES string of the molecule is CCCN(CCC)CC(OC(N)=O)c1ccccc1. The molecule has 1 amide bonds. The summed E-state index contributed by atoms with van der Waals surface area (Å²) >= 11 is 0. The van der Waals surface area contributed by atoms with E-state index in [0.29, 0.717) is 6.54 Å². The summed E-state index contributed by atoms with van der Waals surface area (Å²) in [5.74, 6) is 0. The minimum atomic E-state index is -0.721. The average molecular weight is 264 g/mol. The summed E-state index contributed by atoms with van der Waals surface area (Å²) in [6, 6.07) is 9.75. The highest BCUT2D eigenvalue weighted by atomic mass is 16.6. The van der Waals surface area contributed by atoms with Gasteiger partial charge in [-0.15, -0.1) is 0 Å². The number of amides is 1. The van der Waals surface area contributed by atoms with Gasteiger partial charge in [-0.2, -0.15) is 0 Å². The van der Waals surface area contributed by atoms with E-state index in [1.807, 2.05) is 30.3 Å². The van der Waals surface area contributed by atoms with Gasteiger partial charge in [0.2, 0.25) is 0 Å². The Balaban J connectivity index is 2.75. The maximum atomic E-state index is 11.1. The van der Waals surface area contributed by atoms with Gasteiger partial charge in [0.1, 0.15) is 6.10 Å². The van der Waals surface area contributed by atoms with Crippen LogP contribution in [0.15, 0.2) is 30.3 Å². The van der Waals surface area contributed by atoms with Gasteiger partial charge in [0.05, 0.1) is 0 Å². The van der Waals surface area contributed by atoms with Crippen LogP contribution in [0.1, 0.15) is 38.4 Å². The van der Waals surface area contributed by atoms with Crippen LogP contribution >= 0.6 is 0 Å². The summed E-state index contributed by atoms with van der Waals surface area (Å²) in [5, 5.41) is 0. The zero-order chi connectivity index (χ0) is 14.1. The molecule has 0 heterocycles. The van der Waals surface area contributed by atoms with Crippen LogP contribution < -0.4 is 5.73 Å². The van der Waals surface area contributed by atoms with Gasteiger partial charge < -0.3 is 10.5 Å². The van der Waals surface area contributed by atoms with Crippen LogP contribution in [0.3, 0.4) is 0 Å². The summed E-state index contributed by atoms with van der Waals surface area (Å²) in [7, 11) is 0. The van der Waals surface area contributed by atoms with Crippen molar-refractivity contribution in [1.29, 1.82) is 0 Å². The van der Waals surface area contributed by atoms with Gasteiger partial charge in [0.15, 0.2) is 0 Å². The molecule has 0 aromatic heterocycles. The molecule has 1 aromatic carbocycles. The standard InChI is InChI=1S/C15H24N2O2/c1-3-10-17(11-4-2)12-14(19-15(16)18)13-8-6-5-7-9-13/h5-9,14H,3-4,10-12H2,1-2H3,(H2,16,18). The molecule has 0 saturated heterocycles. The molecule has 19 heavy (non-hydrogen) atoms. The van der Waals surface area contributed by atoms with Crippen molar-refractivity contribution >= 4 is 6.09 Å². The largest absolute Gasteiger partial charge is 0.440 e. The van der Waals surface area contributed by atoms with E-state index in [9.17, 15) is 4.79 Å². The van der Waals surface area contributed by atoms with Crippen LogP contribution in [0, 0.1) is 0 Å². The van der Waals surface area contributed by atoms with E-state index in [1.54, 1.807) is 0 Å². The monoisotopic (exact) mass is 264 g/mol. The Labute approximate surface area is 115 Å². The normalized spacial score (nSPS) is 12.4. The second-order valence-electron chi connectivity index (χ2n) is 4.64. The Morgan fingerprint density at radius 1 is 1.21 bits per heavy atom. The summed E-state index contributed by atoms with van der Waals surface area (Å²) in [4.78, 5) is 13.4. The molecule has 106 valence electrons. The molecule has 0 radical (unpaired) electrons. The van der Waals surface area contributed by atoms with Crippen molar-refractivity contribution < 1.29 is 9.53 Å². The number of ether oxygens (including phenoxy) is 1. The van der Waals surface area contributed by atoms with Crippen LogP contribution in [0.2, 0.25) is 0 Å². The molecule has 0 bridgehead atoms. The number of carbonyl (C=O) groups is 1. The lowest BCUT2D eigenvalue weighted by atomic mass is 10.1. The van der Waals surface area contributed by atoms with E-state index in [1.165, 1.54) is 0 Å². The molecule has 0 spiro atoms. The minimum Gasteiger partial charge on any atom is -0.440 e. The van der Waals surface area contributed by atoms with E-state index >= 15 is 0 Å². The molecule has 2 N–H and O–H groups in total.